The van der Waals surface area contributed by atoms with Crippen molar-refractivity contribution < 1.29 is 9.90 Å². The summed E-state index contributed by atoms with van der Waals surface area (Å²) in [5.74, 6) is -0.0761. The average Bonchev–Trinajstić information content (AvgIpc) is 3.04. The van der Waals surface area contributed by atoms with Crippen LogP contribution in [0, 0.1) is 5.92 Å². The Hall–Kier alpha value is -1.36. The summed E-state index contributed by atoms with van der Waals surface area (Å²) in [7, 11) is 0. The van der Waals surface area contributed by atoms with Crippen molar-refractivity contribution in [3.05, 3.63) is 18.0 Å². The van der Waals surface area contributed by atoms with Gasteiger partial charge in [-0.1, -0.05) is 26.7 Å². The highest BCUT2D eigenvalue weighted by molar-refractivity contribution is 5.92. The van der Waals surface area contributed by atoms with Gasteiger partial charge < -0.3 is 10.4 Å². The van der Waals surface area contributed by atoms with Gasteiger partial charge in [0.2, 0.25) is 0 Å². The fourth-order valence-corrected chi connectivity index (χ4v) is 2.35. The molecule has 1 heterocycles. The maximum Gasteiger partial charge on any atom is 0.271 e. The van der Waals surface area contributed by atoms with Crippen molar-refractivity contribution in [1.29, 1.82) is 0 Å². The van der Waals surface area contributed by atoms with E-state index < -0.39 is 6.10 Å². The number of nitrogens with one attached hydrogen (secondary N) is 1. The third kappa shape index (κ3) is 3.56. The van der Waals surface area contributed by atoms with E-state index in [9.17, 15) is 9.90 Å². The van der Waals surface area contributed by atoms with E-state index in [1.54, 1.807) is 6.07 Å². The van der Waals surface area contributed by atoms with Gasteiger partial charge in [0.1, 0.15) is 5.69 Å². The van der Waals surface area contributed by atoms with Crippen molar-refractivity contribution in [1.82, 2.24) is 15.1 Å². The maximum absolute atomic E-state index is 11.9. The molecule has 0 aliphatic heterocycles. The Balaban J connectivity index is 1.89. The minimum atomic E-state index is -0.513. The van der Waals surface area contributed by atoms with Crippen LogP contribution in [-0.4, -0.2) is 33.4 Å². The smallest absolute Gasteiger partial charge is 0.271 e. The van der Waals surface area contributed by atoms with E-state index in [1.165, 1.54) is 12.8 Å². The molecule has 0 bridgehead atoms. The van der Waals surface area contributed by atoms with Crippen molar-refractivity contribution in [2.75, 3.05) is 6.54 Å². The fraction of sp³-hybridized carbons (Fsp3) is 0.714. The zero-order valence-corrected chi connectivity index (χ0v) is 11.7. The normalized spacial score (nSPS) is 17.9. The van der Waals surface area contributed by atoms with Crippen LogP contribution in [0.25, 0.3) is 0 Å². The van der Waals surface area contributed by atoms with E-state index in [4.69, 9.17) is 0 Å². The van der Waals surface area contributed by atoms with Gasteiger partial charge in [-0.3, -0.25) is 9.48 Å². The number of carbonyl (C=O) groups is 1. The minimum Gasteiger partial charge on any atom is -0.391 e. The molecule has 0 radical (unpaired) electrons. The van der Waals surface area contributed by atoms with Gasteiger partial charge in [0.15, 0.2) is 0 Å². The topological polar surface area (TPSA) is 67.2 Å². The van der Waals surface area contributed by atoms with Gasteiger partial charge >= 0.3 is 0 Å². The first kappa shape index (κ1) is 14.1. The zero-order chi connectivity index (χ0) is 13.8. The lowest BCUT2D eigenvalue weighted by atomic mass is 10.1. The number of carbonyl (C=O) groups excluding carboxylic acids is 1. The first-order valence-electron chi connectivity index (χ1n) is 7.09. The SMILES string of the molecule is CC(C)C(O)CNC(=O)c1ccn(C2CCCC2)n1. The summed E-state index contributed by atoms with van der Waals surface area (Å²) < 4.78 is 1.90. The summed E-state index contributed by atoms with van der Waals surface area (Å²) in [5.41, 5.74) is 0.433. The van der Waals surface area contributed by atoms with Crippen molar-refractivity contribution in [2.24, 2.45) is 5.92 Å². The van der Waals surface area contributed by atoms with Gasteiger partial charge in [0.25, 0.3) is 5.91 Å². The summed E-state index contributed by atoms with van der Waals surface area (Å²) in [6.07, 6.45) is 6.15. The number of aliphatic hydroxyl groups excluding tert-OH is 1. The Labute approximate surface area is 114 Å². The molecule has 1 aromatic rings. The van der Waals surface area contributed by atoms with Crippen LogP contribution in [0.1, 0.15) is 56.1 Å². The highest BCUT2D eigenvalue weighted by atomic mass is 16.3. The average molecular weight is 265 g/mol. The van der Waals surface area contributed by atoms with Gasteiger partial charge in [0.05, 0.1) is 12.1 Å². The molecule has 1 aromatic heterocycles. The molecule has 1 saturated carbocycles. The Morgan fingerprint density at radius 2 is 2.21 bits per heavy atom. The van der Waals surface area contributed by atoms with Crippen LogP contribution in [0.2, 0.25) is 0 Å². The summed E-state index contributed by atoms with van der Waals surface area (Å²) in [5, 5.41) is 16.7. The molecule has 0 spiro atoms. The quantitative estimate of drug-likeness (QED) is 0.852. The molecule has 19 heavy (non-hydrogen) atoms. The standard InChI is InChI=1S/C14H23N3O2/c1-10(2)13(18)9-15-14(19)12-7-8-17(16-12)11-5-3-4-6-11/h7-8,10-11,13,18H,3-6,9H2,1-2H3,(H,15,19). The molecule has 0 aromatic carbocycles. The molecule has 1 aliphatic carbocycles. The molecule has 1 aliphatic rings. The van der Waals surface area contributed by atoms with E-state index in [-0.39, 0.29) is 18.4 Å². The van der Waals surface area contributed by atoms with E-state index in [0.717, 1.165) is 12.8 Å². The van der Waals surface area contributed by atoms with Crippen molar-refractivity contribution in [2.45, 2.75) is 51.7 Å². The Bertz CT molecular complexity index is 422. The summed E-state index contributed by atoms with van der Waals surface area (Å²) in [4.78, 5) is 11.9. The largest absolute Gasteiger partial charge is 0.391 e. The Kier molecular flexibility index (Phi) is 4.58. The van der Waals surface area contributed by atoms with Gasteiger partial charge in [-0.15, -0.1) is 0 Å². The molecule has 0 saturated heterocycles. The third-order valence-electron chi connectivity index (χ3n) is 3.78. The van der Waals surface area contributed by atoms with E-state index >= 15 is 0 Å². The molecule has 2 N–H and O–H groups in total. The molecule has 1 fully saturated rings. The van der Waals surface area contributed by atoms with Crippen molar-refractivity contribution in [3.63, 3.8) is 0 Å². The lowest BCUT2D eigenvalue weighted by molar-refractivity contribution is 0.0866. The monoisotopic (exact) mass is 265 g/mol. The Morgan fingerprint density at radius 3 is 2.84 bits per heavy atom. The molecule has 1 atom stereocenters. The summed E-state index contributed by atoms with van der Waals surface area (Å²) >= 11 is 0. The lowest BCUT2D eigenvalue weighted by Crippen LogP contribution is -2.35. The molecular weight excluding hydrogens is 242 g/mol. The first-order valence-corrected chi connectivity index (χ1v) is 7.09. The predicted molar refractivity (Wildman–Crippen MR) is 72.9 cm³/mol. The Morgan fingerprint density at radius 1 is 1.53 bits per heavy atom. The van der Waals surface area contributed by atoms with Gasteiger partial charge in [-0.05, 0) is 24.8 Å². The van der Waals surface area contributed by atoms with Crippen LogP contribution in [-0.2, 0) is 0 Å². The van der Waals surface area contributed by atoms with Crippen LogP contribution < -0.4 is 5.32 Å². The van der Waals surface area contributed by atoms with Gasteiger partial charge in [-0.25, -0.2) is 0 Å². The highest BCUT2D eigenvalue weighted by Gasteiger charge is 2.19. The summed E-state index contributed by atoms with van der Waals surface area (Å²) in [6.45, 7) is 4.12. The van der Waals surface area contributed by atoms with Crippen LogP contribution in [0.15, 0.2) is 12.3 Å². The first-order chi connectivity index (χ1) is 9.08. The molecule has 2 rings (SSSR count). The number of hydrogen-bond donors (Lipinski definition) is 2. The molecule has 5 nitrogen and oxygen atoms in total. The maximum atomic E-state index is 11.9. The van der Waals surface area contributed by atoms with Crippen LogP contribution in [0.5, 0.6) is 0 Å². The minimum absolute atomic E-state index is 0.136. The predicted octanol–water partition coefficient (Wildman–Crippen LogP) is 1.74. The van der Waals surface area contributed by atoms with Gasteiger partial charge in [0, 0.05) is 12.7 Å². The molecular formula is C14H23N3O2. The molecule has 1 unspecified atom stereocenters. The number of aromatic nitrogens is 2. The van der Waals surface area contributed by atoms with E-state index in [1.807, 2.05) is 24.7 Å². The van der Waals surface area contributed by atoms with E-state index in [2.05, 4.69) is 10.4 Å². The number of aliphatic hydroxyl groups is 1. The zero-order valence-electron chi connectivity index (χ0n) is 11.7. The van der Waals surface area contributed by atoms with Crippen LogP contribution in [0.4, 0.5) is 0 Å². The molecule has 5 heteroatoms. The summed E-state index contributed by atoms with van der Waals surface area (Å²) in [6, 6.07) is 2.19. The fourth-order valence-electron chi connectivity index (χ4n) is 2.35. The van der Waals surface area contributed by atoms with Crippen LogP contribution >= 0.6 is 0 Å². The second-order valence-electron chi connectivity index (χ2n) is 5.64. The number of rotatable bonds is 5. The van der Waals surface area contributed by atoms with E-state index in [0.29, 0.717) is 11.7 Å². The second-order valence-corrected chi connectivity index (χ2v) is 5.64. The molecule has 106 valence electrons. The number of hydrogen-bond acceptors (Lipinski definition) is 3. The van der Waals surface area contributed by atoms with Crippen molar-refractivity contribution >= 4 is 5.91 Å². The lowest BCUT2D eigenvalue weighted by Gasteiger charge is -2.14. The van der Waals surface area contributed by atoms with Crippen molar-refractivity contribution in [3.8, 4) is 0 Å². The van der Waals surface area contributed by atoms with Gasteiger partial charge in [-0.2, -0.15) is 5.10 Å². The van der Waals surface area contributed by atoms with Crippen LogP contribution in [0.3, 0.4) is 0 Å². The highest BCUT2D eigenvalue weighted by Crippen LogP contribution is 2.28. The molecule has 1 amide bonds. The third-order valence-corrected chi connectivity index (χ3v) is 3.78. The number of amides is 1. The second kappa shape index (κ2) is 6.19. The number of nitrogens with zero attached hydrogens (tertiary/aromatic N) is 2.